The van der Waals surface area contributed by atoms with Gasteiger partial charge in [-0.15, -0.1) is 13.2 Å². The normalized spacial score (nSPS) is 24.6. The average Bonchev–Trinajstić information content (AvgIpc) is 3.18. The highest BCUT2D eigenvalue weighted by Gasteiger charge is 2.44. The van der Waals surface area contributed by atoms with Crippen LogP contribution < -0.4 is 26.4 Å². The number of hydrogen-bond acceptors (Lipinski definition) is 7. The van der Waals surface area contributed by atoms with Gasteiger partial charge in [-0.2, -0.15) is 5.10 Å². The molecule has 0 bridgehead atoms. The maximum Gasteiger partial charge on any atom is 0.573 e. The van der Waals surface area contributed by atoms with Crippen molar-refractivity contribution >= 4 is 5.96 Å². The molecule has 0 spiro atoms. The van der Waals surface area contributed by atoms with E-state index in [9.17, 15) is 23.3 Å². The molecule has 2 aliphatic rings. The van der Waals surface area contributed by atoms with Crippen molar-refractivity contribution in [1.29, 1.82) is 0 Å². The predicted molar refractivity (Wildman–Crippen MR) is 138 cm³/mol. The zero-order valence-electron chi connectivity index (χ0n) is 21.8. The molecular weight excluding hydrogens is 517 g/mol. The van der Waals surface area contributed by atoms with Gasteiger partial charge in [-0.25, -0.2) is 4.99 Å². The van der Waals surface area contributed by atoms with Crippen LogP contribution in [0.1, 0.15) is 49.1 Å². The van der Waals surface area contributed by atoms with Gasteiger partial charge in [0, 0.05) is 25.2 Å². The van der Waals surface area contributed by atoms with E-state index in [1.165, 1.54) is 24.4 Å². The third-order valence-corrected chi connectivity index (χ3v) is 7.07. The van der Waals surface area contributed by atoms with Crippen molar-refractivity contribution in [3.63, 3.8) is 0 Å². The van der Waals surface area contributed by atoms with Crippen molar-refractivity contribution in [3.05, 3.63) is 69.3 Å². The minimum Gasteiger partial charge on any atom is -0.405 e. The van der Waals surface area contributed by atoms with Gasteiger partial charge in [0.15, 0.2) is 11.6 Å². The van der Waals surface area contributed by atoms with Crippen LogP contribution in [0.2, 0.25) is 0 Å². The second kappa shape index (κ2) is 11.6. The number of alkyl halides is 3. The number of nitrogens with one attached hydrogen (secondary N) is 3. The fourth-order valence-corrected chi connectivity index (χ4v) is 5.16. The molecule has 1 aliphatic heterocycles. The van der Waals surface area contributed by atoms with Crippen molar-refractivity contribution in [1.82, 2.24) is 25.7 Å². The fraction of sp³-hybridized carbons (Fsp3) is 0.520. The second-order valence-electron chi connectivity index (χ2n) is 10.1. The van der Waals surface area contributed by atoms with E-state index in [1.807, 2.05) is 24.7 Å². The van der Waals surface area contributed by atoms with Crippen molar-refractivity contribution in [2.75, 3.05) is 0 Å². The Balaban J connectivity index is 1.37. The Hall–Kier alpha value is -3.65. The maximum absolute atomic E-state index is 12.7. The SMILES string of the molecule is Cc1cc(CNC2CCC(CC3(N)NC(=NCc4ccccc4OC(F)(F)F)NC=C3[N+](=O)[O-])CC2)n(C)n1. The van der Waals surface area contributed by atoms with Crippen molar-refractivity contribution < 1.29 is 22.8 Å². The molecule has 0 amide bonds. The van der Waals surface area contributed by atoms with Gasteiger partial charge >= 0.3 is 12.1 Å². The standard InChI is InChI=1S/C25H33F3N8O3/c1-16-11-20(35(2)34-16)14-30-19-9-7-17(8-10-19)12-24(29)22(36(37)38)15-32-23(33-24)31-13-18-5-3-4-6-21(18)39-25(26,27)28/h3-6,11,15,17,19,30H,7-10,12-14,29H2,1-2H3,(H2,31,32,33). The average molecular weight is 551 g/mol. The molecule has 2 heterocycles. The second-order valence-corrected chi connectivity index (χ2v) is 10.1. The van der Waals surface area contributed by atoms with Crippen LogP contribution in [0.25, 0.3) is 0 Å². The lowest BCUT2D eigenvalue weighted by molar-refractivity contribution is -0.437. The summed E-state index contributed by atoms with van der Waals surface area (Å²) < 4.78 is 44.2. The van der Waals surface area contributed by atoms with Gasteiger partial charge < -0.3 is 20.7 Å². The van der Waals surface area contributed by atoms with E-state index in [2.05, 4.69) is 30.8 Å². The zero-order valence-corrected chi connectivity index (χ0v) is 21.8. The van der Waals surface area contributed by atoms with Crippen molar-refractivity contribution in [2.24, 2.45) is 23.7 Å². The van der Waals surface area contributed by atoms with Crippen LogP contribution in [0.3, 0.4) is 0 Å². The summed E-state index contributed by atoms with van der Waals surface area (Å²) in [6.45, 7) is 2.51. The Morgan fingerprint density at radius 2 is 2.03 bits per heavy atom. The first kappa shape index (κ1) is 28.4. The Morgan fingerprint density at radius 3 is 2.67 bits per heavy atom. The number of nitro groups is 1. The van der Waals surface area contributed by atoms with Crippen LogP contribution >= 0.6 is 0 Å². The van der Waals surface area contributed by atoms with Gasteiger partial charge in [-0.1, -0.05) is 18.2 Å². The van der Waals surface area contributed by atoms with E-state index >= 15 is 0 Å². The number of nitrogens with zero attached hydrogens (tertiary/aromatic N) is 4. The molecule has 212 valence electrons. The van der Waals surface area contributed by atoms with E-state index in [-0.39, 0.29) is 35.4 Å². The van der Waals surface area contributed by atoms with E-state index in [0.29, 0.717) is 19.0 Å². The first-order chi connectivity index (χ1) is 18.4. The van der Waals surface area contributed by atoms with Crippen LogP contribution in [0, 0.1) is 23.0 Å². The molecule has 39 heavy (non-hydrogen) atoms. The highest BCUT2D eigenvalue weighted by Crippen LogP contribution is 2.33. The molecule has 0 saturated heterocycles. The highest BCUT2D eigenvalue weighted by molar-refractivity contribution is 5.83. The predicted octanol–water partition coefficient (Wildman–Crippen LogP) is 3.19. The molecule has 1 fully saturated rings. The Labute approximate surface area is 223 Å². The van der Waals surface area contributed by atoms with Crippen LogP contribution in [0.5, 0.6) is 5.75 Å². The summed E-state index contributed by atoms with van der Waals surface area (Å²) in [7, 11) is 1.92. The molecular formula is C25H33F3N8O3. The summed E-state index contributed by atoms with van der Waals surface area (Å²) in [5, 5.41) is 25.3. The molecule has 11 nitrogen and oxygen atoms in total. The number of nitrogens with two attached hydrogens (primary N) is 1. The monoisotopic (exact) mass is 550 g/mol. The molecule has 5 N–H and O–H groups in total. The lowest BCUT2D eigenvalue weighted by Crippen LogP contribution is -2.64. The molecule has 14 heteroatoms. The molecule has 1 aliphatic carbocycles. The fourth-order valence-electron chi connectivity index (χ4n) is 5.16. The third kappa shape index (κ3) is 7.47. The number of aliphatic imine (C=N–C) groups is 1. The van der Waals surface area contributed by atoms with Gasteiger partial charge in [0.05, 0.1) is 29.1 Å². The molecule has 2 aromatic rings. The van der Waals surface area contributed by atoms with Crippen LogP contribution in [-0.2, 0) is 20.1 Å². The quantitative estimate of drug-likeness (QED) is 0.275. The maximum atomic E-state index is 12.7. The summed E-state index contributed by atoms with van der Waals surface area (Å²) >= 11 is 0. The van der Waals surface area contributed by atoms with Gasteiger partial charge in [0.2, 0.25) is 0 Å². The first-order valence-electron chi connectivity index (χ1n) is 12.7. The van der Waals surface area contributed by atoms with Gasteiger partial charge in [-0.3, -0.25) is 20.5 Å². The molecule has 1 atom stereocenters. The zero-order chi connectivity index (χ0) is 28.2. The van der Waals surface area contributed by atoms with E-state index < -0.39 is 16.9 Å². The number of guanidine groups is 1. The van der Waals surface area contributed by atoms with Gasteiger partial charge in [0.1, 0.15) is 5.75 Å². The van der Waals surface area contributed by atoms with Crippen LogP contribution in [0.4, 0.5) is 13.2 Å². The lowest BCUT2D eigenvalue weighted by atomic mass is 9.80. The highest BCUT2D eigenvalue weighted by atomic mass is 19.4. The molecule has 1 aromatic carbocycles. The number of rotatable bonds is 9. The Kier molecular flexibility index (Phi) is 8.45. The van der Waals surface area contributed by atoms with E-state index in [1.54, 1.807) is 6.07 Å². The number of hydrogen-bond donors (Lipinski definition) is 4. The molecule has 1 saturated carbocycles. The van der Waals surface area contributed by atoms with E-state index in [0.717, 1.165) is 37.1 Å². The van der Waals surface area contributed by atoms with E-state index in [4.69, 9.17) is 5.73 Å². The number of ether oxygens (including phenoxy) is 1. The smallest absolute Gasteiger partial charge is 0.405 e. The minimum absolute atomic E-state index is 0.131. The molecule has 1 unspecified atom stereocenters. The third-order valence-electron chi connectivity index (χ3n) is 7.07. The Bertz CT molecular complexity index is 1240. The number of benzene rings is 1. The van der Waals surface area contributed by atoms with Crippen molar-refractivity contribution in [3.8, 4) is 5.75 Å². The van der Waals surface area contributed by atoms with Crippen LogP contribution in [-0.4, -0.2) is 38.7 Å². The Morgan fingerprint density at radius 1 is 1.31 bits per heavy atom. The lowest BCUT2D eigenvalue weighted by Gasteiger charge is -2.37. The number of halogens is 3. The van der Waals surface area contributed by atoms with Gasteiger partial charge in [0.25, 0.3) is 0 Å². The number of aromatic nitrogens is 2. The van der Waals surface area contributed by atoms with Crippen molar-refractivity contribution in [2.45, 2.75) is 70.2 Å². The summed E-state index contributed by atoms with van der Waals surface area (Å²) in [4.78, 5) is 15.5. The molecule has 4 rings (SSSR count). The number of aryl methyl sites for hydroxylation is 2. The molecule has 1 aromatic heterocycles. The van der Waals surface area contributed by atoms with Crippen LogP contribution in [0.15, 0.2) is 47.2 Å². The first-order valence-corrected chi connectivity index (χ1v) is 12.7. The minimum atomic E-state index is -4.84. The summed E-state index contributed by atoms with van der Waals surface area (Å²) in [6.07, 6.45) is 0.158. The largest absolute Gasteiger partial charge is 0.573 e. The summed E-state index contributed by atoms with van der Waals surface area (Å²) in [6, 6.07) is 8.03. The molecule has 0 radical (unpaired) electrons. The summed E-state index contributed by atoms with van der Waals surface area (Å²) in [5.41, 5.74) is 7.11. The van der Waals surface area contributed by atoms with Gasteiger partial charge in [-0.05, 0) is 57.1 Å². The summed E-state index contributed by atoms with van der Waals surface area (Å²) in [5.74, 6) is -0.0931. The topological polar surface area (TPSA) is 145 Å². The number of para-hydroxylation sites is 1.